The summed E-state index contributed by atoms with van der Waals surface area (Å²) in [6.07, 6.45) is 4.38. The highest BCUT2D eigenvalue weighted by atomic mass is 35.5. The lowest BCUT2D eigenvalue weighted by Crippen LogP contribution is -2.43. The third-order valence-electron chi connectivity index (χ3n) is 8.05. The molecule has 214 valence electrons. The minimum Gasteiger partial charge on any atom is -0.459 e. The van der Waals surface area contributed by atoms with Crippen LogP contribution in [-0.4, -0.2) is 79.0 Å². The molecule has 0 bridgehead atoms. The smallest absolute Gasteiger partial charge is 0.410 e. The second kappa shape index (κ2) is 10.6. The molecular formula is C29H37ClN6O4. The van der Waals surface area contributed by atoms with Crippen LogP contribution in [0.25, 0.3) is 11.1 Å². The number of nitrogens with zero attached hydrogens (tertiary/aromatic N) is 5. The van der Waals surface area contributed by atoms with Crippen LogP contribution in [0, 0.1) is 5.41 Å². The molecule has 6 rings (SSSR count). The van der Waals surface area contributed by atoms with Crippen molar-refractivity contribution in [1.29, 1.82) is 0 Å². The SMILES string of the molecule is CC(C)(C)OC(=O)N1CCC2(CCN(c3nc(Nc4ccc(N5CCOCC5)c(Cl)c4)nc4ccoc34)CC2)C1. The Morgan fingerprint density at radius 3 is 2.50 bits per heavy atom. The summed E-state index contributed by atoms with van der Waals surface area (Å²) in [4.78, 5) is 28.6. The van der Waals surface area contributed by atoms with Gasteiger partial charge in [-0.3, -0.25) is 0 Å². The molecule has 0 aliphatic carbocycles. The number of morpholine rings is 1. The van der Waals surface area contributed by atoms with Gasteiger partial charge < -0.3 is 33.9 Å². The molecule has 10 nitrogen and oxygen atoms in total. The summed E-state index contributed by atoms with van der Waals surface area (Å²) in [6, 6.07) is 7.80. The number of hydrogen-bond donors (Lipinski definition) is 1. The van der Waals surface area contributed by atoms with Crippen molar-refractivity contribution >= 4 is 51.9 Å². The number of amides is 1. The van der Waals surface area contributed by atoms with E-state index in [-0.39, 0.29) is 11.5 Å². The van der Waals surface area contributed by atoms with Gasteiger partial charge in [0.05, 0.1) is 30.2 Å². The Morgan fingerprint density at radius 1 is 1.02 bits per heavy atom. The van der Waals surface area contributed by atoms with Gasteiger partial charge in [-0.1, -0.05) is 11.6 Å². The third-order valence-corrected chi connectivity index (χ3v) is 8.36. The van der Waals surface area contributed by atoms with E-state index in [9.17, 15) is 4.79 Å². The Kier molecular flexibility index (Phi) is 7.16. The lowest BCUT2D eigenvalue weighted by Gasteiger charge is -2.39. The van der Waals surface area contributed by atoms with Gasteiger partial charge in [0, 0.05) is 51.0 Å². The molecule has 0 unspecified atom stereocenters. The Bertz CT molecular complexity index is 1370. The van der Waals surface area contributed by atoms with E-state index >= 15 is 0 Å². The number of piperidine rings is 1. The number of fused-ring (bicyclic) bond motifs is 1. The number of rotatable bonds is 4. The maximum Gasteiger partial charge on any atom is 0.410 e. The zero-order valence-corrected chi connectivity index (χ0v) is 24.2. The van der Waals surface area contributed by atoms with E-state index in [0.717, 1.165) is 81.2 Å². The van der Waals surface area contributed by atoms with Crippen LogP contribution >= 0.6 is 11.6 Å². The van der Waals surface area contributed by atoms with Crippen molar-refractivity contribution in [3.63, 3.8) is 0 Å². The van der Waals surface area contributed by atoms with Crippen LogP contribution in [0.2, 0.25) is 5.02 Å². The Labute approximate surface area is 239 Å². The molecule has 3 aliphatic rings. The number of benzene rings is 1. The average molecular weight is 569 g/mol. The van der Waals surface area contributed by atoms with Crippen LogP contribution in [0.1, 0.15) is 40.0 Å². The normalized spacial score (nSPS) is 19.4. The molecule has 5 heterocycles. The van der Waals surface area contributed by atoms with Crippen LogP contribution < -0.4 is 15.1 Å². The van der Waals surface area contributed by atoms with Crippen molar-refractivity contribution in [1.82, 2.24) is 14.9 Å². The molecule has 0 saturated carbocycles. The zero-order valence-electron chi connectivity index (χ0n) is 23.4. The Balaban J connectivity index is 1.15. The number of nitrogens with one attached hydrogen (secondary N) is 1. The number of likely N-dealkylation sites (tertiary alicyclic amines) is 1. The van der Waals surface area contributed by atoms with Crippen molar-refractivity contribution in [3.05, 3.63) is 35.6 Å². The summed E-state index contributed by atoms with van der Waals surface area (Å²) >= 11 is 6.66. The molecule has 2 aromatic heterocycles. The van der Waals surface area contributed by atoms with Crippen LogP contribution in [0.15, 0.2) is 34.9 Å². The van der Waals surface area contributed by atoms with Crippen molar-refractivity contribution < 1.29 is 18.7 Å². The fourth-order valence-electron chi connectivity index (χ4n) is 5.91. The monoisotopic (exact) mass is 568 g/mol. The van der Waals surface area contributed by atoms with Gasteiger partial charge >= 0.3 is 6.09 Å². The molecule has 1 spiro atoms. The standard InChI is InChI=1S/C29H37ClN6O4/c1-28(2,3)40-27(37)36-12-9-29(19-36)7-10-35(11-8-29)25-24-22(6-15-39-24)32-26(33-25)31-20-4-5-23(21(30)18-20)34-13-16-38-17-14-34/h4-6,15,18H,7-14,16-17,19H2,1-3H3,(H,31,32,33). The van der Waals surface area contributed by atoms with Crippen molar-refractivity contribution in [2.75, 3.05) is 67.6 Å². The molecule has 1 N–H and O–H groups in total. The van der Waals surface area contributed by atoms with Gasteiger partial charge in [0.1, 0.15) is 11.1 Å². The summed E-state index contributed by atoms with van der Waals surface area (Å²) in [5.41, 5.74) is 2.88. The topological polar surface area (TPSA) is 96.2 Å². The van der Waals surface area contributed by atoms with E-state index in [0.29, 0.717) is 29.8 Å². The van der Waals surface area contributed by atoms with E-state index in [1.54, 1.807) is 6.26 Å². The third kappa shape index (κ3) is 5.65. The molecule has 1 amide bonds. The first-order chi connectivity index (χ1) is 19.2. The molecule has 3 aromatic rings. The largest absolute Gasteiger partial charge is 0.459 e. The first-order valence-electron chi connectivity index (χ1n) is 14.1. The van der Waals surface area contributed by atoms with Crippen molar-refractivity contribution in [3.8, 4) is 0 Å². The zero-order chi connectivity index (χ0) is 27.9. The van der Waals surface area contributed by atoms with Gasteiger partial charge in [0.2, 0.25) is 5.95 Å². The molecular weight excluding hydrogens is 532 g/mol. The van der Waals surface area contributed by atoms with E-state index in [1.165, 1.54) is 0 Å². The van der Waals surface area contributed by atoms with Gasteiger partial charge in [-0.05, 0) is 63.6 Å². The lowest BCUT2D eigenvalue weighted by atomic mass is 9.78. The highest BCUT2D eigenvalue weighted by molar-refractivity contribution is 6.33. The molecule has 0 atom stereocenters. The van der Waals surface area contributed by atoms with Crippen LogP contribution in [-0.2, 0) is 9.47 Å². The fourth-order valence-corrected chi connectivity index (χ4v) is 6.21. The van der Waals surface area contributed by atoms with E-state index < -0.39 is 5.60 Å². The molecule has 3 aliphatic heterocycles. The van der Waals surface area contributed by atoms with Crippen molar-refractivity contribution in [2.24, 2.45) is 5.41 Å². The molecule has 0 radical (unpaired) electrons. The average Bonchev–Trinajstić information content (AvgIpc) is 3.56. The second-order valence-corrected chi connectivity index (χ2v) is 12.4. The first-order valence-corrected chi connectivity index (χ1v) is 14.4. The molecule has 11 heteroatoms. The minimum absolute atomic E-state index is 0.114. The number of hydrogen-bond acceptors (Lipinski definition) is 9. The molecule has 40 heavy (non-hydrogen) atoms. The summed E-state index contributed by atoms with van der Waals surface area (Å²) in [7, 11) is 0. The minimum atomic E-state index is -0.487. The molecule has 1 aromatic carbocycles. The summed E-state index contributed by atoms with van der Waals surface area (Å²) < 4.78 is 16.9. The predicted octanol–water partition coefficient (Wildman–Crippen LogP) is 5.68. The number of furan rings is 1. The van der Waals surface area contributed by atoms with E-state index in [4.69, 9.17) is 30.5 Å². The quantitative estimate of drug-likeness (QED) is 0.426. The maximum absolute atomic E-state index is 12.6. The van der Waals surface area contributed by atoms with Crippen LogP contribution in [0.3, 0.4) is 0 Å². The lowest BCUT2D eigenvalue weighted by molar-refractivity contribution is 0.0266. The Hall–Kier alpha value is -3.24. The van der Waals surface area contributed by atoms with Crippen LogP contribution in [0.5, 0.6) is 0 Å². The summed E-state index contributed by atoms with van der Waals surface area (Å²) in [5, 5.41) is 4.02. The fraction of sp³-hybridized carbons (Fsp3) is 0.552. The maximum atomic E-state index is 12.6. The number of anilines is 4. The predicted molar refractivity (Wildman–Crippen MR) is 156 cm³/mol. The Morgan fingerprint density at radius 2 is 1.77 bits per heavy atom. The molecule has 3 fully saturated rings. The number of ether oxygens (including phenoxy) is 2. The van der Waals surface area contributed by atoms with E-state index in [1.807, 2.05) is 49.9 Å². The summed E-state index contributed by atoms with van der Waals surface area (Å²) in [5.74, 6) is 1.28. The van der Waals surface area contributed by atoms with Gasteiger partial charge in [0.25, 0.3) is 0 Å². The van der Waals surface area contributed by atoms with Gasteiger partial charge in [-0.2, -0.15) is 4.98 Å². The first kappa shape index (κ1) is 27.0. The molecule has 3 saturated heterocycles. The number of carbonyl (C=O) groups excluding carboxylic acids is 1. The van der Waals surface area contributed by atoms with Gasteiger partial charge in [0.15, 0.2) is 11.4 Å². The summed E-state index contributed by atoms with van der Waals surface area (Å²) in [6.45, 7) is 11.9. The number of aromatic nitrogens is 2. The highest BCUT2D eigenvalue weighted by Crippen LogP contribution is 2.42. The van der Waals surface area contributed by atoms with Crippen LogP contribution in [0.4, 0.5) is 27.9 Å². The number of halogens is 1. The number of carbonyl (C=O) groups is 1. The second-order valence-electron chi connectivity index (χ2n) is 12.0. The van der Waals surface area contributed by atoms with Gasteiger partial charge in [-0.25, -0.2) is 9.78 Å². The van der Waals surface area contributed by atoms with Gasteiger partial charge in [-0.15, -0.1) is 0 Å². The highest BCUT2D eigenvalue weighted by Gasteiger charge is 2.43. The van der Waals surface area contributed by atoms with E-state index in [2.05, 4.69) is 20.1 Å². The van der Waals surface area contributed by atoms with Crippen molar-refractivity contribution in [2.45, 2.75) is 45.6 Å².